The molecule has 1 heterocycles. The number of aromatic nitrogens is 1. The highest BCUT2D eigenvalue weighted by Crippen LogP contribution is 2.22. The van der Waals surface area contributed by atoms with Crippen LogP contribution in [0.5, 0.6) is 0 Å². The minimum atomic E-state index is 0.369. The lowest BCUT2D eigenvalue weighted by Crippen LogP contribution is -2.12. The Hall–Kier alpha value is -1.05. The van der Waals surface area contributed by atoms with Crippen LogP contribution in [-0.2, 0) is 0 Å². The third-order valence-corrected chi connectivity index (χ3v) is 2.64. The lowest BCUT2D eigenvalue weighted by atomic mass is 10.4. The molecule has 0 saturated carbocycles. The molecule has 0 amide bonds. The Morgan fingerprint density at radius 2 is 2.54 bits per heavy atom. The Bertz CT molecular complexity index is 319. The van der Waals surface area contributed by atoms with Crippen LogP contribution in [0.1, 0.15) is 12.6 Å². The maximum atomic E-state index is 8.61. The van der Waals surface area contributed by atoms with Crippen molar-refractivity contribution < 1.29 is 0 Å². The van der Waals surface area contributed by atoms with Crippen molar-refractivity contribution in [2.45, 2.75) is 17.1 Å². The Balaban J connectivity index is 2.73. The van der Waals surface area contributed by atoms with Gasteiger partial charge >= 0.3 is 0 Å². The van der Waals surface area contributed by atoms with Gasteiger partial charge in [0.25, 0.3) is 0 Å². The number of nitrogens with two attached hydrogens (primary N) is 1. The van der Waals surface area contributed by atoms with E-state index in [2.05, 4.69) is 11.9 Å². The van der Waals surface area contributed by atoms with Gasteiger partial charge in [-0.2, -0.15) is 5.26 Å². The van der Waals surface area contributed by atoms with Crippen molar-refractivity contribution >= 4 is 11.8 Å². The van der Waals surface area contributed by atoms with Crippen LogP contribution in [0.3, 0.4) is 0 Å². The van der Waals surface area contributed by atoms with Gasteiger partial charge in [0.1, 0.15) is 11.8 Å². The van der Waals surface area contributed by atoms with Gasteiger partial charge in [0.2, 0.25) is 0 Å². The van der Waals surface area contributed by atoms with Crippen LogP contribution in [-0.4, -0.2) is 16.8 Å². The van der Waals surface area contributed by atoms with E-state index in [1.165, 1.54) is 0 Å². The van der Waals surface area contributed by atoms with Gasteiger partial charge in [-0.15, -0.1) is 11.8 Å². The highest BCUT2D eigenvalue weighted by molar-refractivity contribution is 8.00. The van der Waals surface area contributed by atoms with Gasteiger partial charge in [0.05, 0.1) is 0 Å². The number of rotatable bonds is 3. The molecule has 0 saturated heterocycles. The maximum absolute atomic E-state index is 8.61. The molecule has 1 aromatic rings. The second-order valence-corrected chi connectivity index (χ2v) is 4.16. The van der Waals surface area contributed by atoms with Gasteiger partial charge in [-0.1, -0.05) is 6.92 Å². The molecule has 1 aromatic heterocycles. The average Bonchev–Trinajstić information content (AvgIpc) is 2.18. The van der Waals surface area contributed by atoms with Crippen LogP contribution in [0.4, 0.5) is 0 Å². The maximum Gasteiger partial charge on any atom is 0.141 e. The van der Waals surface area contributed by atoms with Crippen molar-refractivity contribution in [1.29, 1.82) is 5.26 Å². The predicted molar refractivity (Wildman–Crippen MR) is 53.3 cm³/mol. The molecular formula is C9H11N3S. The fraction of sp³-hybridized carbons (Fsp3) is 0.333. The molecule has 3 nitrogen and oxygen atoms in total. The SMILES string of the molecule is CC(CN)Sc1ccnc(C#N)c1. The molecule has 1 rings (SSSR count). The molecule has 0 radical (unpaired) electrons. The lowest BCUT2D eigenvalue weighted by molar-refractivity contribution is 0.950. The predicted octanol–water partition coefficient (Wildman–Crippen LogP) is 1.39. The number of thioether (sulfide) groups is 1. The molecule has 68 valence electrons. The molecule has 0 bridgehead atoms. The van der Waals surface area contributed by atoms with Crippen molar-refractivity contribution in [3.8, 4) is 6.07 Å². The Labute approximate surface area is 82.0 Å². The summed E-state index contributed by atoms with van der Waals surface area (Å²) in [5.74, 6) is 0. The molecule has 0 aliphatic carbocycles. The normalized spacial score (nSPS) is 12.1. The molecule has 4 heteroatoms. The highest BCUT2D eigenvalue weighted by Gasteiger charge is 2.02. The fourth-order valence-corrected chi connectivity index (χ4v) is 1.71. The summed E-state index contributed by atoms with van der Waals surface area (Å²) in [4.78, 5) is 4.93. The molecule has 0 aromatic carbocycles. The van der Waals surface area contributed by atoms with E-state index in [0.29, 0.717) is 17.5 Å². The number of hydrogen-bond donors (Lipinski definition) is 1. The molecule has 13 heavy (non-hydrogen) atoms. The van der Waals surface area contributed by atoms with Gasteiger partial charge < -0.3 is 5.73 Å². The lowest BCUT2D eigenvalue weighted by Gasteiger charge is -2.06. The second-order valence-electron chi connectivity index (χ2n) is 2.65. The fourth-order valence-electron chi connectivity index (χ4n) is 0.826. The Morgan fingerprint density at radius 1 is 1.77 bits per heavy atom. The third kappa shape index (κ3) is 3.05. The summed E-state index contributed by atoms with van der Waals surface area (Å²) in [5.41, 5.74) is 5.94. The molecular weight excluding hydrogens is 182 g/mol. The topological polar surface area (TPSA) is 62.7 Å². The molecule has 1 unspecified atom stereocenters. The van der Waals surface area contributed by atoms with E-state index in [0.717, 1.165) is 4.90 Å². The zero-order valence-corrected chi connectivity index (χ0v) is 8.21. The first-order chi connectivity index (χ1) is 6.26. The average molecular weight is 193 g/mol. The van der Waals surface area contributed by atoms with E-state index in [1.54, 1.807) is 24.0 Å². The molecule has 0 aliphatic rings. The minimum absolute atomic E-state index is 0.369. The summed E-state index contributed by atoms with van der Waals surface area (Å²) in [6.07, 6.45) is 1.64. The van der Waals surface area contributed by atoms with Gasteiger partial charge in [0, 0.05) is 22.9 Å². The Morgan fingerprint density at radius 3 is 3.15 bits per heavy atom. The van der Waals surface area contributed by atoms with Crippen molar-refractivity contribution in [2.75, 3.05) is 6.54 Å². The molecule has 0 aliphatic heterocycles. The van der Waals surface area contributed by atoms with E-state index < -0.39 is 0 Å². The number of nitriles is 1. The van der Waals surface area contributed by atoms with Gasteiger partial charge in [0.15, 0.2) is 0 Å². The molecule has 0 fully saturated rings. The largest absolute Gasteiger partial charge is 0.329 e. The van der Waals surface area contributed by atoms with E-state index >= 15 is 0 Å². The summed E-state index contributed by atoms with van der Waals surface area (Å²) >= 11 is 1.66. The van der Waals surface area contributed by atoms with Crippen molar-refractivity contribution in [3.63, 3.8) is 0 Å². The molecule has 1 atom stereocenters. The van der Waals surface area contributed by atoms with E-state index in [9.17, 15) is 0 Å². The second kappa shape index (κ2) is 4.85. The van der Waals surface area contributed by atoms with Crippen LogP contribution in [0.2, 0.25) is 0 Å². The quantitative estimate of drug-likeness (QED) is 0.737. The Kier molecular flexibility index (Phi) is 3.74. The third-order valence-electron chi connectivity index (χ3n) is 1.52. The van der Waals surface area contributed by atoms with E-state index in [-0.39, 0.29) is 0 Å². The summed E-state index contributed by atoms with van der Waals surface area (Å²) in [5, 5.41) is 8.98. The van der Waals surface area contributed by atoms with Crippen LogP contribution in [0.25, 0.3) is 0 Å². The first-order valence-corrected chi connectivity index (χ1v) is 4.87. The van der Waals surface area contributed by atoms with Gasteiger partial charge in [-0.3, -0.25) is 0 Å². The zero-order chi connectivity index (χ0) is 9.68. The summed E-state index contributed by atoms with van der Waals surface area (Å²) in [7, 11) is 0. The molecule has 2 N–H and O–H groups in total. The highest BCUT2D eigenvalue weighted by atomic mass is 32.2. The van der Waals surface area contributed by atoms with Crippen molar-refractivity contribution in [1.82, 2.24) is 4.98 Å². The smallest absolute Gasteiger partial charge is 0.141 e. The van der Waals surface area contributed by atoms with Crippen LogP contribution >= 0.6 is 11.8 Å². The van der Waals surface area contributed by atoms with Crippen molar-refractivity contribution in [3.05, 3.63) is 24.0 Å². The van der Waals surface area contributed by atoms with Crippen LogP contribution in [0.15, 0.2) is 23.2 Å². The minimum Gasteiger partial charge on any atom is -0.329 e. The first kappa shape index (κ1) is 10.0. The zero-order valence-electron chi connectivity index (χ0n) is 7.40. The summed E-state index contributed by atoms with van der Waals surface area (Å²) < 4.78 is 0. The summed E-state index contributed by atoms with van der Waals surface area (Å²) in [6, 6.07) is 5.66. The standard InChI is InChI=1S/C9H11N3S/c1-7(5-10)13-9-2-3-12-8(4-9)6-11/h2-4,7H,5,10H2,1H3. The van der Waals surface area contributed by atoms with Gasteiger partial charge in [-0.25, -0.2) is 4.98 Å². The van der Waals surface area contributed by atoms with Gasteiger partial charge in [-0.05, 0) is 12.1 Å². The number of pyridine rings is 1. The van der Waals surface area contributed by atoms with Crippen molar-refractivity contribution in [2.24, 2.45) is 5.73 Å². The molecule has 0 spiro atoms. The summed E-state index contributed by atoms with van der Waals surface area (Å²) in [6.45, 7) is 2.69. The van der Waals surface area contributed by atoms with Crippen LogP contribution < -0.4 is 5.73 Å². The monoisotopic (exact) mass is 193 g/mol. The number of nitrogens with zero attached hydrogens (tertiary/aromatic N) is 2. The van der Waals surface area contributed by atoms with E-state index in [4.69, 9.17) is 11.0 Å². The number of hydrogen-bond acceptors (Lipinski definition) is 4. The van der Waals surface area contributed by atoms with Crippen LogP contribution in [0, 0.1) is 11.3 Å². The first-order valence-electron chi connectivity index (χ1n) is 3.99. The van der Waals surface area contributed by atoms with E-state index in [1.807, 2.05) is 12.1 Å².